The minimum atomic E-state index is -3.44. The van der Waals surface area contributed by atoms with Crippen LogP contribution >= 0.6 is 0 Å². The first kappa shape index (κ1) is 14.5. The van der Waals surface area contributed by atoms with E-state index in [0.29, 0.717) is 31.1 Å². The van der Waals surface area contributed by atoms with Crippen LogP contribution in [0.2, 0.25) is 0 Å². The van der Waals surface area contributed by atoms with E-state index in [1.807, 2.05) is 6.92 Å². The zero-order chi connectivity index (χ0) is 13.9. The Hall–Kier alpha value is -0.920. The summed E-state index contributed by atoms with van der Waals surface area (Å²) in [5.41, 5.74) is 0.708. The fourth-order valence-corrected chi connectivity index (χ4v) is 4.10. The lowest BCUT2D eigenvalue weighted by molar-refractivity contribution is 0.280. The van der Waals surface area contributed by atoms with E-state index in [1.165, 1.54) is 0 Å². The molecule has 1 aromatic rings. The third-order valence-electron chi connectivity index (χ3n) is 3.46. The molecule has 108 valence electrons. The molecule has 7 heteroatoms. The van der Waals surface area contributed by atoms with Crippen molar-refractivity contribution in [2.24, 2.45) is 5.92 Å². The van der Waals surface area contributed by atoms with Crippen LogP contribution < -0.4 is 5.32 Å². The average molecular weight is 286 g/mol. The van der Waals surface area contributed by atoms with Crippen molar-refractivity contribution in [3.05, 3.63) is 11.8 Å². The third-order valence-corrected chi connectivity index (χ3v) is 5.34. The molecule has 2 heterocycles. The number of rotatable bonds is 5. The van der Waals surface area contributed by atoms with Gasteiger partial charge in [0, 0.05) is 25.2 Å². The van der Waals surface area contributed by atoms with Gasteiger partial charge in [-0.25, -0.2) is 8.42 Å². The van der Waals surface area contributed by atoms with E-state index in [-0.39, 0.29) is 5.03 Å². The molecule has 6 nitrogen and oxygen atoms in total. The van der Waals surface area contributed by atoms with Gasteiger partial charge < -0.3 is 5.32 Å². The van der Waals surface area contributed by atoms with E-state index in [4.69, 9.17) is 0 Å². The molecule has 1 aliphatic rings. The normalized spacial score (nSPS) is 21.7. The maximum absolute atomic E-state index is 12.6. The minimum Gasteiger partial charge on any atom is -0.313 e. The van der Waals surface area contributed by atoms with Gasteiger partial charge in [0.2, 0.25) is 0 Å². The van der Waals surface area contributed by atoms with Gasteiger partial charge in [-0.05, 0) is 25.3 Å². The second-order valence-corrected chi connectivity index (χ2v) is 6.99. The van der Waals surface area contributed by atoms with Crippen LogP contribution in [0.3, 0.4) is 0 Å². The Bertz CT molecular complexity index is 512. The van der Waals surface area contributed by atoms with Gasteiger partial charge in [0.25, 0.3) is 10.0 Å². The summed E-state index contributed by atoms with van der Waals surface area (Å²) in [4.78, 5) is 0. The van der Waals surface area contributed by atoms with Gasteiger partial charge in [-0.3, -0.25) is 5.10 Å². The second kappa shape index (κ2) is 6.02. The predicted molar refractivity (Wildman–Crippen MR) is 73.1 cm³/mol. The Morgan fingerprint density at radius 1 is 1.58 bits per heavy atom. The molecule has 2 rings (SSSR count). The number of piperidine rings is 1. The van der Waals surface area contributed by atoms with Crippen molar-refractivity contribution in [2.75, 3.05) is 19.6 Å². The number of H-pyrrole nitrogens is 1. The van der Waals surface area contributed by atoms with Crippen LogP contribution in [0, 0.1) is 5.92 Å². The largest absolute Gasteiger partial charge is 0.313 e. The number of hydrogen-bond acceptors (Lipinski definition) is 4. The van der Waals surface area contributed by atoms with Crippen molar-refractivity contribution < 1.29 is 8.42 Å². The molecule has 19 heavy (non-hydrogen) atoms. The van der Waals surface area contributed by atoms with E-state index in [2.05, 4.69) is 22.4 Å². The summed E-state index contributed by atoms with van der Waals surface area (Å²) in [6, 6.07) is 0. The summed E-state index contributed by atoms with van der Waals surface area (Å²) in [6.07, 6.45) is 3.61. The van der Waals surface area contributed by atoms with E-state index in [1.54, 1.807) is 10.5 Å². The standard InChI is InChI=1S/C12H22N4O2S/c1-3-13-7-11-8-14-15-12(11)19(17,18)16-6-4-5-10(2)9-16/h8,10,13H,3-7,9H2,1-2H3,(H,14,15). The third kappa shape index (κ3) is 3.16. The smallest absolute Gasteiger partial charge is 0.260 e. The highest BCUT2D eigenvalue weighted by atomic mass is 32.2. The summed E-state index contributed by atoms with van der Waals surface area (Å²) in [5, 5.41) is 9.90. The maximum atomic E-state index is 12.6. The zero-order valence-electron chi connectivity index (χ0n) is 11.5. The van der Waals surface area contributed by atoms with Crippen molar-refractivity contribution in [1.29, 1.82) is 0 Å². The molecule has 0 radical (unpaired) electrons. The quantitative estimate of drug-likeness (QED) is 0.844. The molecule has 0 amide bonds. The number of nitrogens with one attached hydrogen (secondary N) is 2. The van der Waals surface area contributed by atoms with E-state index < -0.39 is 10.0 Å². The Morgan fingerprint density at radius 3 is 3.05 bits per heavy atom. The molecule has 1 aromatic heterocycles. The average Bonchev–Trinajstić information content (AvgIpc) is 2.85. The number of sulfonamides is 1. The predicted octanol–water partition coefficient (Wildman–Crippen LogP) is 0.940. The Balaban J connectivity index is 2.21. The SMILES string of the molecule is CCNCc1cn[nH]c1S(=O)(=O)N1CCCC(C)C1. The highest BCUT2D eigenvalue weighted by molar-refractivity contribution is 7.89. The molecule has 0 spiro atoms. The van der Waals surface area contributed by atoms with Gasteiger partial charge in [-0.15, -0.1) is 0 Å². The Morgan fingerprint density at radius 2 is 2.37 bits per heavy atom. The number of aromatic amines is 1. The molecule has 0 saturated carbocycles. The van der Waals surface area contributed by atoms with Gasteiger partial charge >= 0.3 is 0 Å². The van der Waals surface area contributed by atoms with Crippen LogP contribution in [0.5, 0.6) is 0 Å². The first-order valence-electron chi connectivity index (χ1n) is 6.78. The second-order valence-electron chi connectivity index (χ2n) is 5.12. The van der Waals surface area contributed by atoms with Gasteiger partial charge in [-0.1, -0.05) is 13.8 Å². The lowest BCUT2D eigenvalue weighted by atomic mass is 10.0. The van der Waals surface area contributed by atoms with Crippen molar-refractivity contribution in [3.63, 3.8) is 0 Å². The van der Waals surface area contributed by atoms with Gasteiger partial charge in [0.15, 0.2) is 5.03 Å². The fraction of sp³-hybridized carbons (Fsp3) is 0.750. The number of nitrogens with zero attached hydrogens (tertiary/aromatic N) is 2. The molecule has 0 aliphatic carbocycles. The number of aromatic nitrogens is 2. The van der Waals surface area contributed by atoms with Crippen molar-refractivity contribution in [1.82, 2.24) is 19.8 Å². The van der Waals surface area contributed by atoms with Crippen molar-refractivity contribution in [3.8, 4) is 0 Å². The monoisotopic (exact) mass is 286 g/mol. The first-order valence-corrected chi connectivity index (χ1v) is 8.22. The molecule has 0 bridgehead atoms. The van der Waals surface area contributed by atoms with Gasteiger partial charge in [-0.2, -0.15) is 9.40 Å². The topological polar surface area (TPSA) is 78.1 Å². The molecule has 0 aromatic carbocycles. The Kier molecular flexibility index (Phi) is 4.59. The maximum Gasteiger partial charge on any atom is 0.260 e. The highest BCUT2D eigenvalue weighted by Crippen LogP contribution is 2.24. The number of hydrogen-bond donors (Lipinski definition) is 2. The van der Waals surface area contributed by atoms with Gasteiger partial charge in [0.1, 0.15) is 0 Å². The fourth-order valence-electron chi connectivity index (χ4n) is 2.40. The zero-order valence-corrected chi connectivity index (χ0v) is 12.3. The molecule has 1 aliphatic heterocycles. The summed E-state index contributed by atoms with van der Waals surface area (Å²) in [5.74, 6) is 0.420. The van der Waals surface area contributed by atoms with Crippen LogP contribution in [0.15, 0.2) is 11.2 Å². The Labute approximate surface area is 114 Å². The summed E-state index contributed by atoms with van der Waals surface area (Å²) in [7, 11) is -3.44. The van der Waals surface area contributed by atoms with Crippen LogP contribution in [0.25, 0.3) is 0 Å². The minimum absolute atomic E-state index is 0.238. The van der Waals surface area contributed by atoms with Gasteiger partial charge in [0.05, 0.1) is 6.20 Å². The van der Waals surface area contributed by atoms with E-state index in [0.717, 1.165) is 19.4 Å². The molecule has 1 fully saturated rings. The molecule has 1 saturated heterocycles. The van der Waals surface area contributed by atoms with Crippen LogP contribution in [-0.4, -0.2) is 42.6 Å². The van der Waals surface area contributed by atoms with Crippen LogP contribution in [-0.2, 0) is 16.6 Å². The van der Waals surface area contributed by atoms with Crippen molar-refractivity contribution in [2.45, 2.75) is 38.3 Å². The molecular formula is C12H22N4O2S. The highest BCUT2D eigenvalue weighted by Gasteiger charge is 2.31. The summed E-state index contributed by atoms with van der Waals surface area (Å²) < 4.78 is 26.8. The molecule has 2 N–H and O–H groups in total. The van der Waals surface area contributed by atoms with E-state index >= 15 is 0 Å². The first-order chi connectivity index (χ1) is 9.05. The molecular weight excluding hydrogens is 264 g/mol. The lowest BCUT2D eigenvalue weighted by Gasteiger charge is -2.29. The van der Waals surface area contributed by atoms with E-state index in [9.17, 15) is 8.42 Å². The van der Waals surface area contributed by atoms with Crippen LogP contribution in [0.1, 0.15) is 32.3 Å². The molecule has 1 atom stereocenters. The van der Waals surface area contributed by atoms with Crippen LogP contribution in [0.4, 0.5) is 0 Å². The molecule has 1 unspecified atom stereocenters. The lowest BCUT2D eigenvalue weighted by Crippen LogP contribution is -2.39. The summed E-state index contributed by atoms with van der Waals surface area (Å²) in [6.45, 7) is 6.60. The van der Waals surface area contributed by atoms with Crippen molar-refractivity contribution >= 4 is 10.0 Å². The summed E-state index contributed by atoms with van der Waals surface area (Å²) >= 11 is 0.